The minimum atomic E-state index is -3.69. The Labute approximate surface area is 196 Å². The van der Waals surface area contributed by atoms with E-state index < -0.39 is 22.0 Å². The standard InChI is InChI=1S/C25H33N3O4S/c1-5-28(6-2)33(31,32)22-13-9-12-20(16-22)24(29)26-23(18(3)4)25(30)27-15-14-19-10-7-8-11-21(19)17-27/h7-13,16,18,23H,5-6,14-15,17H2,1-4H3,(H,26,29)/t23-/m0/s1. The normalized spacial score (nSPS) is 14.8. The Bertz CT molecular complexity index is 1110. The first-order valence-electron chi connectivity index (χ1n) is 11.5. The molecular weight excluding hydrogens is 438 g/mol. The van der Waals surface area contributed by atoms with Gasteiger partial charge in [0.2, 0.25) is 15.9 Å². The van der Waals surface area contributed by atoms with Crippen LogP contribution in [0.25, 0.3) is 0 Å². The van der Waals surface area contributed by atoms with Crippen LogP contribution >= 0.6 is 0 Å². The van der Waals surface area contributed by atoms with Crippen molar-refractivity contribution in [2.24, 2.45) is 5.92 Å². The second-order valence-electron chi connectivity index (χ2n) is 8.59. The average Bonchev–Trinajstić information content (AvgIpc) is 2.82. The summed E-state index contributed by atoms with van der Waals surface area (Å²) in [5.41, 5.74) is 2.59. The lowest BCUT2D eigenvalue weighted by atomic mass is 9.97. The number of sulfonamides is 1. The van der Waals surface area contributed by atoms with Crippen LogP contribution in [-0.4, -0.2) is 55.1 Å². The predicted molar refractivity (Wildman–Crippen MR) is 128 cm³/mol. The van der Waals surface area contributed by atoms with Gasteiger partial charge in [-0.3, -0.25) is 9.59 Å². The maximum atomic E-state index is 13.3. The van der Waals surface area contributed by atoms with Crippen molar-refractivity contribution in [1.82, 2.24) is 14.5 Å². The number of nitrogens with one attached hydrogen (secondary N) is 1. The van der Waals surface area contributed by atoms with Gasteiger partial charge in [-0.15, -0.1) is 0 Å². The van der Waals surface area contributed by atoms with Crippen molar-refractivity contribution in [2.75, 3.05) is 19.6 Å². The predicted octanol–water partition coefficient (Wildman–Crippen LogP) is 3.06. The van der Waals surface area contributed by atoms with E-state index in [1.54, 1.807) is 30.9 Å². The van der Waals surface area contributed by atoms with Crippen LogP contribution in [0.1, 0.15) is 49.2 Å². The third-order valence-electron chi connectivity index (χ3n) is 6.10. The van der Waals surface area contributed by atoms with Gasteiger partial charge in [0.25, 0.3) is 5.91 Å². The number of carbonyl (C=O) groups excluding carboxylic acids is 2. The van der Waals surface area contributed by atoms with Crippen LogP contribution in [0, 0.1) is 5.92 Å². The highest BCUT2D eigenvalue weighted by Crippen LogP contribution is 2.21. The Hall–Kier alpha value is -2.71. The molecule has 0 saturated heterocycles. The number of amides is 2. The van der Waals surface area contributed by atoms with Crippen LogP contribution in [-0.2, 0) is 27.8 Å². The molecule has 0 aliphatic carbocycles. The quantitative estimate of drug-likeness (QED) is 0.641. The van der Waals surface area contributed by atoms with Crippen LogP contribution in [0.2, 0.25) is 0 Å². The molecule has 7 nitrogen and oxygen atoms in total. The number of hydrogen-bond donors (Lipinski definition) is 1. The molecule has 0 saturated carbocycles. The molecule has 1 atom stereocenters. The molecule has 3 rings (SSSR count). The van der Waals surface area contributed by atoms with Crippen molar-refractivity contribution < 1.29 is 18.0 Å². The summed E-state index contributed by atoms with van der Waals surface area (Å²) >= 11 is 0. The number of rotatable bonds is 8. The van der Waals surface area contributed by atoms with Gasteiger partial charge in [-0.05, 0) is 41.7 Å². The number of fused-ring (bicyclic) bond motifs is 1. The number of benzene rings is 2. The van der Waals surface area contributed by atoms with Gasteiger partial charge in [-0.1, -0.05) is 58.0 Å². The van der Waals surface area contributed by atoms with Gasteiger partial charge in [-0.25, -0.2) is 8.42 Å². The fourth-order valence-corrected chi connectivity index (χ4v) is 5.63. The molecule has 0 unspecified atom stereocenters. The lowest BCUT2D eigenvalue weighted by Crippen LogP contribution is -2.52. The summed E-state index contributed by atoms with van der Waals surface area (Å²) in [4.78, 5) is 28.2. The molecule has 1 aliphatic heterocycles. The highest BCUT2D eigenvalue weighted by molar-refractivity contribution is 7.89. The Balaban J connectivity index is 1.78. The molecule has 1 aliphatic rings. The molecular formula is C25H33N3O4S. The van der Waals surface area contributed by atoms with E-state index in [-0.39, 0.29) is 22.3 Å². The SMILES string of the molecule is CCN(CC)S(=O)(=O)c1cccc(C(=O)N[C@H](C(=O)N2CCc3ccccc3C2)C(C)C)c1. The van der Waals surface area contributed by atoms with Crippen molar-refractivity contribution in [2.45, 2.75) is 51.6 Å². The van der Waals surface area contributed by atoms with E-state index in [0.717, 1.165) is 12.0 Å². The van der Waals surface area contributed by atoms with Gasteiger partial charge in [0.1, 0.15) is 6.04 Å². The van der Waals surface area contributed by atoms with Crippen molar-refractivity contribution in [3.8, 4) is 0 Å². The maximum absolute atomic E-state index is 13.3. The second kappa shape index (κ2) is 10.5. The number of nitrogens with zero attached hydrogens (tertiary/aromatic N) is 2. The van der Waals surface area contributed by atoms with Crippen LogP contribution < -0.4 is 5.32 Å². The lowest BCUT2D eigenvalue weighted by molar-refractivity contribution is -0.135. The first kappa shape index (κ1) is 24.9. The molecule has 0 spiro atoms. The summed E-state index contributed by atoms with van der Waals surface area (Å²) in [5.74, 6) is -0.711. The summed E-state index contributed by atoms with van der Waals surface area (Å²) in [6.07, 6.45) is 0.784. The van der Waals surface area contributed by atoms with Gasteiger partial charge >= 0.3 is 0 Å². The average molecular weight is 472 g/mol. The van der Waals surface area contributed by atoms with E-state index in [2.05, 4.69) is 11.4 Å². The van der Waals surface area contributed by atoms with E-state index in [9.17, 15) is 18.0 Å². The zero-order valence-electron chi connectivity index (χ0n) is 19.7. The largest absolute Gasteiger partial charge is 0.340 e. The van der Waals surface area contributed by atoms with Crippen LogP contribution in [0.3, 0.4) is 0 Å². The van der Waals surface area contributed by atoms with Gasteiger partial charge in [0.15, 0.2) is 0 Å². The summed E-state index contributed by atoms with van der Waals surface area (Å²) in [5, 5.41) is 2.85. The molecule has 2 aromatic rings. The molecule has 2 aromatic carbocycles. The maximum Gasteiger partial charge on any atom is 0.251 e. The van der Waals surface area contributed by atoms with Crippen LogP contribution in [0.15, 0.2) is 53.4 Å². The zero-order chi connectivity index (χ0) is 24.2. The van der Waals surface area contributed by atoms with Crippen molar-refractivity contribution in [3.63, 3.8) is 0 Å². The molecule has 8 heteroatoms. The van der Waals surface area contributed by atoms with Crippen molar-refractivity contribution in [3.05, 3.63) is 65.2 Å². The smallest absolute Gasteiger partial charge is 0.251 e. The summed E-state index contributed by atoms with van der Waals surface area (Å²) in [7, 11) is -3.69. The zero-order valence-corrected chi connectivity index (χ0v) is 20.6. The Morgan fingerprint density at radius 1 is 1.03 bits per heavy atom. The molecule has 1 N–H and O–H groups in total. The molecule has 0 radical (unpaired) electrons. The molecule has 0 bridgehead atoms. The molecule has 178 valence electrons. The first-order valence-corrected chi connectivity index (χ1v) is 12.9. The number of hydrogen-bond acceptors (Lipinski definition) is 4. The monoisotopic (exact) mass is 471 g/mol. The minimum absolute atomic E-state index is 0.0684. The van der Waals surface area contributed by atoms with E-state index in [0.29, 0.717) is 26.2 Å². The van der Waals surface area contributed by atoms with Gasteiger partial charge in [-0.2, -0.15) is 4.31 Å². The fraction of sp³-hybridized carbons (Fsp3) is 0.440. The fourth-order valence-electron chi connectivity index (χ4n) is 4.13. The van der Waals surface area contributed by atoms with E-state index in [4.69, 9.17) is 0 Å². The molecule has 0 fully saturated rings. The van der Waals surface area contributed by atoms with Crippen molar-refractivity contribution >= 4 is 21.8 Å². The minimum Gasteiger partial charge on any atom is -0.340 e. The Morgan fingerprint density at radius 3 is 2.33 bits per heavy atom. The van der Waals surface area contributed by atoms with E-state index in [1.165, 1.54) is 22.0 Å². The molecule has 1 heterocycles. The Kier molecular flexibility index (Phi) is 7.92. The van der Waals surface area contributed by atoms with Crippen LogP contribution in [0.5, 0.6) is 0 Å². The highest BCUT2D eigenvalue weighted by Gasteiger charge is 2.31. The second-order valence-corrected chi connectivity index (χ2v) is 10.5. The summed E-state index contributed by atoms with van der Waals surface area (Å²) in [6.45, 7) is 9.14. The molecule has 33 heavy (non-hydrogen) atoms. The van der Waals surface area contributed by atoms with Crippen molar-refractivity contribution in [1.29, 1.82) is 0 Å². The first-order chi connectivity index (χ1) is 15.7. The summed E-state index contributed by atoms with van der Waals surface area (Å²) in [6, 6.07) is 13.4. The van der Waals surface area contributed by atoms with E-state index in [1.807, 2.05) is 32.0 Å². The summed E-state index contributed by atoms with van der Waals surface area (Å²) < 4.78 is 27.0. The molecule has 0 aromatic heterocycles. The Morgan fingerprint density at radius 2 is 1.70 bits per heavy atom. The van der Waals surface area contributed by atoms with E-state index >= 15 is 0 Å². The number of carbonyl (C=O) groups is 2. The third kappa shape index (κ3) is 5.45. The van der Waals surface area contributed by atoms with Gasteiger partial charge in [0.05, 0.1) is 4.90 Å². The lowest BCUT2D eigenvalue weighted by Gasteiger charge is -2.33. The third-order valence-corrected chi connectivity index (χ3v) is 8.15. The highest BCUT2D eigenvalue weighted by atomic mass is 32.2. The van der Waals surface area contributed by atoms with Crippen LogP contribution in [0.4, 0.5) is 0 Å². The van der Waals surface area contributed by atoms with Gasteiger partial charge in [0, 0.05) is 31.7 Å². The molecule has 2 amide bonds. The van der Waals surface area contributed by atoms with Gasteiger partial charge < -0.3 is 10.2 Å². The topological polar surface area (TPSA) is 86.8 Å².